The zero-order valence-corrected chi connectivity index (χ0v) is 14.5. The molecular formula is C17H21N3O3S. The van der Waals surface area contributed by atoms with Crippen molar-refractivity contribution in [2.24, 2.45) is 5.92 Å². The number of fused-ring (bicyclic) bond motifs is 1. The molecule has 3 heterocycles. The molecule has 2 fully saturated rings. The highest BCUT2D eigenvalue weighted by atomic mass is 32.1. The first-order chi connectivity index (χ1) is 11.8. The largest absolute Gasteiger partial charge is 0.468 e. The Morgan fingerprint density at radius 3 is 3.12 bits per heavy atom. The SMILES string of the molecule is COC(=O)[C@@H]1C[C@@H]2CCCC[C@H]2N1Cc1nc(-c2cccs2)no1. The maximum absolute atomic E-state index is 12.2. The molecule has 0 aromatic carbocycles. The standard InChI is InChI=1S/C17H21N3O3S/c1-22-17(21)13-9-11-5-2-3-6-12(11)20(13)10-15-18-16(19-23-15)14-7-4-8-24-14/h4,7-8,11-13H,2-3,5-6,9-10H2,1H3/t11-,12+,13-/m0/s1. The van der Waals surface area contributed by atoms with E-state index in [0.29, 0.717) is 30.2 Å². The summed E-state index contributed by atoms with van der Waals surface area (Å²) in [4.78, 5) is 19.9. The van der Waals surface area contributed by atoms with Gasteiger partial charge in [-0.25, -0.2) is 0 Å². The van der Waals surface area contributed by atoms with Crippen LogP contribution in [0.4, 0.5) is 0 Å². The molecule has 0 amide bonds. The van der Waals surface area contributed by atoms with Crippen LogP contribution in [0.2, 0.25) is 0 Å². The highest BCUT2D eigenvalue weighted by molar-refractivity contribution is 7.13. The third-order valence-corrected chi connectivity index (χ3v) is 6.09. The Morgan fingerprint density at radius 1 is 1.46 bits per heavy atom. The molecule has 1 saturated carbocycles. The Hall–Kier alpha value is -1.73. The molecular weight excluding hydrogens is 326 g/mol. The second kappa shape index (κ2) is 6.64. The average molecular weight is 347 g/mol. The van der Waals surface area contributed by atoms with Crippen LogP contribution in [0.1, 0.15) is 38.0 Å². The van der Waals surface area contributed by atoms with Gasteiger partial charge in [-0.15, -0.1) is 11.3 Å². The van der Waals surface area contributed by atoms with E-state index >= 15 is 0 Å². The topological polar surface area (TPSA) is 68.5 Å². The van der Waals surface area contributed by atoms with Gasteiger partial charge in [-0.05, 0) is 36.6 Å². The van der Waals surface area contributed by atoms with E-state index in [2.05, 4.69) is 15.0 Å². The number of esters is 1. The lowest BCUT2D eigenvalue weighted by atomic mass is 9.85. The van der Waals surface area contributed by atoms with Crippen molar-refractivity contribution in [1.29, 1.82) is 0 Å². The van der Waals surface area contributed by atoms with E-state index in [0.717, 1.165) is 17.7 Å². The lowest BCUT2D eigenvalue weighted by Crippen LogP contribution is -2.42. The van der Waals surface area contributed by atoms with Crippen LogP contribution in [0, 0.1) is 5.92 Å². The number of hydrogen-bond acceptors (Lipinski definition) is 7. The van der Waals surface area contributed by atoms with Gasteiger partial charge in [-0.3, -0.25) is 9.69 Å². The first-order valence-electron chi connectivity index (χ1n) is 8.46. The van der Waals surface area contributed by atoms with Crippen LogP contribution < -0.4 is 0 Å². The minimum absolute atomic E-state index is 0.151. The molecule has 1 aliphatic heterocycles. The zero-order chi connectivity index (χ0) is 16.5. The van der Waals surface area contributed by atoms with Crippen molar-refractivity contribution < 1.29 is 14.1 Å². The summed E-state index contributed by atoms with van der Waals surface area (Å²) in [6, 6.07) is 4.17. The van der Waals surface area contributed by atoms with E-state index in [9.17, 15) is 4.79 Å². The predicted molar refractivity (Wildman–Crippen MR) is 89.3 cm³/mol. The van der Waals surface area contributed by atoms with Crippen LogP contribution in [0.3, 0.4) is 0 Å². The molecule has 1 aliphatic carbocycles. The third kappa shape index (κ3) is 2.86. The van der Waals surface area contributed by atoms with Crippen molar-refractivity contribution >= 4 is 17.3 Å². The minimum Gasteiger partial charge on any atom is -0.468 e. The molecule has 4 rings (SSSR count). The van der Waals surface area contributed by atoms with E-state index in [4.69, 9.17) is 9.26 Å². The molecule has 0 spiro atoms. The van der Waals surface area contributed by atoms with Gasteiger partial charge in [0.2, 0.25) is 11.7 Å². The van der Waals surface area contributed by atoms with Crippen LogP contribution in [0.5, 0.6) is 0 Å². The number of nitrogens with zero attached hydrogens (tertiary/aromatic N) is 3. The summed E-state index contributed by atoms with van der Waals surface area (Å²) < 4.78 is 10.5. The summed E-state index contributed by atoms with van der Waals surface area (Å²) in [5, 5.41) is 6.07. The van der Waals surface area contributed by atoms with Gasteiger partial charge in [0.05, 0.1) is 18.5 Å². The lowest BCUT2D eigenvalue weighted by molar-refractivity contribution is -0.146. The van der Waals surface area contributed by atoms with E-state index in [-0.39, 0.29) is 12.0 Å². The summed E-state index contributed by atoms with van der Waals surface area (Å²) in [5.41, 5.74) is 0. The number of carbonyl (C=O) groups excluding carboxylic acids is 1. The fourth-order valence-corrected chi connectivity index (χ4v) is 4.78. The van der Waals surface area contributed by atoms with Crippen LogP contribution in [-0.4, -0.2) is 40.2 Å². The second-order valence-electron chi connectivity index (χ2n) is 6.55. The first kappa shape index (κ1) is 15.8. The van der Waals surface area contributed by atoms with E-state index in [1.807, 2.05) is 17.5 Å². The lowest BCUT2D eigenvalue weighted by Gasteiger charge is -2.32. The molecule has 1 saturated heterocycles. The normalized spacial score (nSPS) is 27.1. The minimum atomic E-state index is -0.194. The van der Waals surface area contributed by atoms with Gasteiger partial charge < -0.3 is 9.26 Å². The number of rotatable bonds is 4. The molecule has 0 N–H and O–H groups in total. The molecule has 128 valence electrons. The number of ether oxygens (including phenoxy) is 1. The molecule has 0 unspecified atom stereocenters. The maximum Gasteiger partial charge on any atom is 0.323 e. The quantitative estimate of drug-likeness (QED) is 0.792. The zero-order valence-electron chi connectivity index (χ0n) is 13.7. The molecule has 2 aliphatic rings. The van der Waals surface area contributed by atoms with Crippen LogP contribution >= 0.6 is 11.3 Å². The molecule has 2 aromatic heterocycles. The third-order valence-electron chi connectivity index (χ3n) is 5.22. The summed E-state index contributed by atoms with van der Waals surface area (Å²) in [7, 11) is 1.46. The van der Waals surface area contributed by atoms with Crippen LogP contribution in [0.15, 0.2) is 22.0 Å². The smallest absolute Gasteiger partial charge is 0.323 e. The van der Waals surface area contributed by atoms with Crippen molar-refractivity contribution in [3.63, 3.8) is 0 Å². The van der Waals surface area contributed by atoms with E-state index in [1.54, 1.807) is 11.3 Å². The number of aromatic nitrogens is 2. The van der Waals surface area contributed by atoms with Gasteiger partial charge in [0.25, 0.3) is 0 Å². The Kier molecular flexibility index (Phi) is 4.37. The predicted octanol–water partition coefficient (Wildman–Crippen LogP) is 3.10. The Morgan fingerprint density at radius 2 is 2.33 bits per heavy atom. The number of thiophene rings is 1. The van der Waals surface area contributed by atoms with Gasteiger partial charge in [0, 0.05) is 6.04 Å². The first-order valence-corrected chi connectivity index (χ1v) is 9.34. The average Bonchev–Trinajstić information content (AvgIpc) is 3.34. The van der Waals surface area contributed by atoms with Crippen molar-refractivity contribution in [1.82, 2.24) is 15.0 Å². The van der Waals surface area contributed by atoms with Crippen LogP contribution in [-0.2, 0) is 16.1 Å². The van der Waals surface area contributed by atoms with E-state index < -0.39 is 0 Å². The molecule has 2 aromatic rings. The van der Waals surface area contributed by atoms with E-state index in [1.165, 1.54) is 26.4 Å². The van der Waals surface area contributed by atoms with Crippen molar-refractivity contribution in [3.8, 4) is 10.7 Å². The summed E-state index contributed by atoms with van der Waals surface area (Å²) in [5.74, 6) is 1.61. The molecule has 7 heteroatoms. The van der Waals surface area contributed by atoms with Gasteiger partial charge in [-0.1, -0.05) is 24.1 Å². The Bertz CT molecular complexity index is 700. The van der Waals surface area contributed by atoms with Gasteiger partial charge in [-0.2, -0.15) is 4.98 Å². The number of carbonyl (C=O) groups is 1. The second-order valence-corrected chi connectivity index (χ2v) is 7.50. The number of likely N-dealkylation sites (tertiary alicyclic amines) is 1. The fraction of sp³-hybridized carbons (Fsp3) is 0.588. The Balaban J connectivity index is 1.55. The molecule has 24 heavy (non-hydrogen) atoms. The highest BCUT2D eigenvalue weighted by Crippen LogP contribution is 2.40. The number of hydrogen-bond donors (Lipinski definition) is 0. The maximum atomic E-state index is 12.2. The molecule has 6 nitrogen and oxygen atoms in total. The van der Waals surface area contributed by atoms with Crippen molar-refractivity contribution in [2.75, 3.05) is 7.11 Å². The fourth-order valence-electron chi connectivity index (χ4n) is 4.13. The molecule has 0 radical (unpaired) electrons. The van der Waals surface area contributed by atoms with Gasteiger partial charge in [0.15, 0.2) is 0 Å². The summed E-state index contributed by atoms with van der Waals surface area (Å²) >= 11 is 1.59. The summed E-state index contributed by atoms with van der Waals surface area (Å²) in [6.07, 6.45) is 5.67. The highest BCUT2D eigenvalue weighted by Gasteiger charge is 2.46. The van der Waals surface area contributed by atoms with Crippen molar-refractivity contribution in [2.45, 2.75) is 50.7 Å². The Labute approximate surface area is 144 Å². The van der Waals surface area contributed by atoms with Gasteiger partial charge >= 0.3 is 5.97 Å². The number of methoxy groups -OCH3 is 1. The monoisotopic (exact) mass is 347 g/mol. The summed E-state index contributed by atoms with van der Waals surface area (Å²) in [6.45, 7) is 0.513. The van der Waals surface area contributed by atoms with Gasteiger partial charge in [0.1, 0.15) is 6.04 Å². The van der Waals surface area contributed by atoms with Crippen molar-refractivity contribution in [3.05, 3.63) is 23.4 Å². The molecule has 3 atom stereocenters. The molecule has 0 bridgehead atoms. The van der Waals surface area contributed by atoms with Crippen LogP contribution in [0.25, 0.3) is 10.7 Å².